The van der Waals surface area contributed by atoms with Crippen LogP contribution >= 0.6 is 0 Å². The Labute approximate surface area is 159 Å². The molecule has 1 amide bonds. The lowest BCUT2D eigenvalue weighted by Gasteiger charge is -2.19. The van der Waals surface area contributed by atoms with E-state index in [2.05, 4.69) is 31.3 Å². The first-order valence-corrected chi connectivity index (χ1v) is 8.94. The van der Waals surface area contributed by atoms with Gasteiger partial charge in [0.05, 0.1) is 6.21 Å². The second kappa shape index (κ2) is 7.66. The lowest BCUT2D eigenvalue weighted by atomic mass is 9.87. The Balaban J connectivity index is 1.54. The van der Waals surface area contributed by atoms with Gasteiger partial charge in [0, 0.05) is 29.7 Å². The first-order valence-electron chi connectivity index (χ1n) is 8.94. The molecule has 0 unspecified atom stereocenters. The zero-order valence-electron chi connectivity index (χ0n) is 16.2. The van der Waals surface area contributed by atoms with Gasteiger partial charge in [-0.1, -0.05) is 51.1 Å². The van der Waals surface area contributed by atoms with E-state index in [1.54, 1.807) is 6.21 Å². The van der Waals surface area contributed by atoms with E-state index in [9.17, 15) is 4.79 Å². The summed E-state index contributed by atoms with van der Waals surface area (Å²) in [5.74, 6) is 0.363. The van der Waals surface area contributed by atoms with Crippen LogP contribution in [0.15, 0.2) is 59.8 Å². The number of amides is 1. The Hall–Kier alpha value is -3.08. The van der Waals surface area contributed by atoms with Crippen molar-refractivity contribution in [1.82, 2.24) is 9.99 Å². The number of aromatic nitrogens is 1. The van der Waals surface area contributed by atoms with Crippen LogP contribution in [-0.2, 0) is 17.3 Å². The van der Waals surface area contributed by atoms with Crippen LogP contribution in [0.3, 0.4) is 0 Å². The summed E-state index contributed by atoms with van der Waals surface area (Å²) in [6.07, 6.45) is 3.63. The van der Waals surface area contributed by atoms with Crippen LogP contribution in [0.2, 0.25) is 0 Å². The lowest BCUT2D eigenvalue weighted by Crippen LogP contribution is -2.24. The van der Waals surface area contributed by atoms with Crippen molar-refractivity contribution in [1.29, 1.82) is 0 Å². The third kappa shape index (κ3) is 4.56. The molecule has 5 nitrogen and oxygen atoms in total. The fourth-order valence-corrected chi connectivity index (χ4v) is 2.88. The van der Waals surface area contributed by atoms with Gasteiger partial charge >= 0.3 is 0 Å². The van der Waals surface area contributed by atoms with Crippen LogP contribution < -0.4 is 10.2 Å². The average molecular weight is 363 g/mol. The van der Waals surface area contributed by atoms with E-state index < -0.39 is 0 Å². The molecule has 0 aliphatic carbocycles. The van der Waals surface area contributed by atoms with E-state index in [-0.39, 0.29) is 17.9 Å². The van der Waals surface area contributed by atoms with Gasteiger partial charge in [-0.25, -0.2) is 5.43 Å². The number of aryl methyl sites for hydroxylation is 1. The van der Waals surface area contributed by atoms with E-state index in [0.717, 1.165) is 16.5 Å². The molecule has 1 N–H and O–H groups in total. The van der Waals surface area contributed by atoms with Crippen LogP contribution in [0.5, 0.6) is 5.75 Å². The van der Waals surface area contributed by atoms with Crippen molar-refractivity contribution in [3.63, 3.8) is 0 Å². The largest absolute Gasteiger partial charge is 0.484 e. The van der Waals surface area contributed by atoms with Crippen LogP contribution in [0, 0.1) is 0 Å². The Bertz CT molecular complexity index is 963. The number of carbonyl (C=O) groups excluding carboxylic acids is 1. The second-order valence-corrected chi connectivity index (χ2v) is 7.57. The number of hydrogen-bond donors (Lipinski definition) is 1. The van der Waals surface area contributed by atoms with Gasteiger partial charge in [-0.15, -0.1) is 0 Å². The SMILES string of the molecule is Cn1cc(C=NNC(=O)COc2ccc(C(C)(C)C)cc2)c2ccccc21. The van der Waals surface area contributed by atoms with Crippen molar-refractivity contribution >= 4 is 23.0 Å². The zero-order chi connectivity index (χ0) is 19.4. The summed E-state index contributed by atoms with van der Waals surface area (Å²) < 4.78 is 7.55. The summed E-state index contributed by atoms with van der Waals surface area (Å²) >= 11 is 0. The molecule has 3 rings (SSSR count). The standard InChI is InChI=1S/C22H25N3O2/c1-22(2,3)17-9-11-18(12-10-17)27-15-21(26)24-23-13-16-14-25(4)20-8-6-5-7-19(16)20/h5-14H,15H2,1-4H3,(H,24,26). The summed E-state index contributed by atoms with van der Waals surface area (Å²) in [5, 5.41) is 5.14. The molecule has 2 aromatic carbocycles. The first kappa shape index (κ1) is 18.7. The van der Waals surface area contributed by atoms with E-state index >= 15 is 0 Å². The minimum absolute atomic E-state index is 0.0816. The number of nitrogens with zero attached hydrogens (tertiary/aromatic N) is 2. The van der Waals surface area contributed by atoms with Crippen molar-refractivity contribution in [2.24, 2.45) is 12.1 Å². The zero-order valence-corrected chi connectivity index (χ0v) is 16.2. The molecule has 0 aliphatic heterocycles. The van der Waals surface area contributed by atoms with Crippen molar-refractivity contribution in [2.75, 3.05) is 6.61 Å². The van der Waals surface area contributed by atoms with Gasteiger partial charge in [0.25, 0.3) is 5.91 Å². The summed E-state index contributed by atoms with van der Waals surface area (Å²) in [6, 6.07) is 15.9. The number of carbonyl (C=O) groups is 1. The van der Waals surface area contributed by atoms with Crippen molar-refractivity contribution in [2.45, 2.75) is 26.2 Å². The number of para-hydroxylation sites is 1. The van der Waals surface area contributed by atoms with Crippen LogP contribution in [0.4, 0.5) is 0 Å². The summed E-state index contributed by atoms with van der Waals surface area (Å²) in [7, 11) is 1.98. The molecular formula is C22H25N3O2. The summed E-state index contributed by atoms with van der Waals surface area (Å²) in [5.41, 5.74) is 5.89. The number of fused-ring (bicyclic) bond motifs is 1. The smallest absolute Gasteiger partial charge is 0.277 e. The van der Waals surface area contributed by atoms with Gasteiger partial charge in [-0.05, 0) is 29.2 Å². The molecule has 27 heavy (non-hydrogen) atoms. The number of nitrogens with one attached hydrogen (secondary N) is 1. The van der Waals surface area contributed by atoms with Crippen LogP contribution in [0.1, 0.15) is 31.9 Å². The molecule has 1 heterocycles. The highest BCUT2D eigenvalue weighted by atomic mass is 16.5. The van der Waals surface area contributed by atoms with Crippen LogP contribution in [-0.4, -0.2) is 23.3 Å². The molecule has 0 fully saturated rings. The summed E-state index contributed by atoms with van der Waals surface area (Å²) in [4.78, 5) is 11.9. The summed E-state index contributed by atoms with van der Waals surface area (Å²) in [6.45, 7) is 6.39. The van der Waals surface area contributed by atoms with E-state index in [1.807, 2.05) is 66.3 Å². The Morgan fingerprint density at radius 1 is 1.15 bits per heavy atom. The number of hydrazone groups is 1. The Morgan fingerprint density at radius 2 is 1.85 bits per heavy atom. The third-order valence-corrected chi connectivity index (χ3v) is 4.41. The average Bonchev–Trinajstić information content (AvgIpc) is 2.96. The van der Waals surface area contributed by atoms with Gasteiger partial charge < -0.3 is 9.30 Å². The Kier molecular flexibility index (Phi) is 5.31. The minimum atomic E-state index is -0.300. The molecule has 0 saturated heterocycles. The fourth-order valence-electron chi connectivity index (χ4n) is 2.88. The molecule has 140 valence electrons. The van der Waals surface area contributed by atoms with Gasteiger partial charge in [0.1, 0.15) is 5.75 Å². The highest BCUT2D eigenvalue weighted by molar-refractivity contribution is 5.99. The quantitative estimate of drug-likeness (QED) is 0.550. The van der Waals surface area contributed by atoms with Gasteiger partial charge in [-0.3, -0.25) is 4.79 Å². The van der Waals surface area contributed by atoms with Crippen LogP contribution in [0.25, 0.3) is 10.9 Å². The lowest BCUT2D eigenvalue weighted by molar-refractivity contribution is -0.123. The number of hydrogen-bond acceptors (Lipinski definition) is 3. The van der Waals surface area contributed by atoms with Crippen molar-refractivity contribution in [3.05, 3.63) is 65.9 Å². The normalized spacial score (nSPS) is 11.9. The topological polar surface area (TPSA) is 55.6 Å². The molecule has 0 spiro atoms. The Morgan fingerprint density at radius 3 is 2.56 bits per heavy atom. The third-order valence-electron chi connectivity index (χ3n) is 4.41. The van der Waals surface area contributed by atoms with E-state index in [1.165, 1.54) is 5.56 Å². The molecule has 0 saturated carbocycles. The number of rotatable bonds is 5. The molecule has 3 aromatic rings. The minimum Gasteiger partial charge on any atom is -0.484 e. The predicted octanol–water partition coefficient (Wildman–Crippen LogP) is 4.00. The molecule has 0 radical (unpaired) electrons. The van der Waals surface area contributed by atoms with Gasteiger partial charge in [-0.2, -0.15) is 5.10 Å². The van der Waals surface area contributed by atoms with E-state index in [4.69, 9.17) is 4.74 Å². The molecule has 1 aromatic heterocycles. The predicted molar refractivity (Wildman–Crippen MR) is 109 cm³/mol. The number of benzene rings is 2. The highest BCUT2D eigenvalue weighted by Gasteiger charge is 2.13. The van der Waals surface area contributed by atoms with Gasteiger partial charge in [0.2, 0.25) is 0 Å². The highest BCUT2D eigenvalue weighted by Crippen LogP contribution is 2.24. The molecular weight excluding hydrogens is 338 g/mol. The molecule has 0 bridgehead atoms. The second-order valence-electron chi connectivity index (χ2n) is 7.57. The fraction of sp³-hybridized carbons (Fsp3) is 0.273. The molecule has 5 heteroatoms. The molecule has 0 atom stereocenters. The first-order chi connectivity index (χ1) is 12.8. The van der Waals surface area contributed by atoms with E-state index in [0.29, 0.717) is 5.75 Å². The monoisotopic (exact) mass is 363 g/mol. The van der Waals surface area contributed by atoms with Crippen molar-refractivity contribution < 1.29 is 9.53 Å². The number of ether oxygens (including phenoxy) is 1. The maximum atomic E-state index is 11.9. The van der Waals surface area contributed by atoms with Crippen molar-refractivity contribution in [3.8, 4) is 5.75 Å². The van der Waals surface area contributed by atoms with Gasteiger partial charge in [0.15, 0.2) is 6.61 Å². The maximum absolute atomic E-state index is 11.9. The maximum Gasteiger partial charge on any atom is 0.277 e. The molecule has 0 aliphatic rings.